The number of H-pyrrole nitrogens is 1. The molecule has 0 spiro atoms. The summed E-state index contributed by atoms with van der Waals surface area (Å²) >= 11 is 0. The van der Waals surface area contributed by atoms with Crippen molar-refractivity contribution in [2.24, 2.45) is 0 Å². The first-order valence-corrected chi connectivity index (χ1v) is 8.10. The van der Waals surface area contributed by atoms with Gasteiger partial charge in [-0.1, -0.05) is 26.0 Å². The summed E-state index contributed by atoms with van der Waals surface area (Å²) < 4.78 is 5.14. The minimum Gasteiger partial charge on any atom is -0.497 e. The number of anilines is 1. The van der Waals surface area contributed by atoms with E-state index in [9.17, 15) is 9.59 Å². The smallest absolute Gasteiger partial charge is 0.255 e. The molecule has 1 heterocycles. The van der Waals surface area contributed by atoms with Crippen molar-refractivity contribution in [2.75, 3.05) is 12.4 Å². The second kappa shape index (κ2) is 6.81. The van der Waals surface area contributed by atoms with Crippen LogP contribution in [0.15, 0.2) is 53.3 Å². The van der Waals surface area contributed by atoms with Gasteiger partial charge in [-0.2, -0.15) is 0 Å². The molecule has 2 N–H and O–H groups in total. The molecule has 1 aromatic heterocycles. The fourth-order valence-electron chi connectivity index (χ4n) is 2.81. The van der Waals surface area contributed by atoms with Gasteiger partial charge in [0.25, 0.3) is 5.91 Å². The van der Waals surface area contributed by atoms with Gasteiger partial charge in [0.15, 0.2) is 0 Å². The van der Waals surface area contributed by atoms with E-state index in [0.717, 1.165) is 10.9 Å². The number of nitrogens with one attached hydrogen (secondary N) is 2. The molecule has 0 fully saturated rings. The highest BCUT2D eigenvalue weighted by Crippen LogP contribution is 2.25. The molecule has 25 heavy (non-hydrogen) atoms. The maximum absolute atomic E-state index is 12.4. The Morgan fingerprint density at radius 3 is 2.64 bits per heavy atom. The van der Waals surface area contributed by atoms with Gasteiger partial charge in [-0.15, -0.1) is 0 Å². The molecule has 3 rings (SSSR count). The molecule has 0 aliphatic rings. The summed E-state index contributed by atoms with van der Waals surface area (Å²) in [6.07, 6.45) is 0. The molecule has 0 unspecified atom stereocenters. The fraction of sp³-hybridized carbons (Fsp3) is 0.200. The molecule has 3 aromatic rings. The predicted octanol–water partition coefficient (Wildman–Crippen LogP) is 3.91. The summed E-state index contributed by atoms with van der Waals surface area (Å²) in [5, 5.41) is 3.83. The van der Waals surface area contributed by atoms with Crippen LogP contribution >= 0.6 is 0 Å². The van der Waals surface area contributed by atoms with E-state index in [0.29, 0.717) is 22.5 Å². The van der Waals surface area contributed by atoms with E-state index in [4.69, 9.17) is 4.74 Å². The van der Waals surface area contributed by atoms with Gasteiger partial charge in [0.2, 0.25) is 5.56 Å². The highest BCUT2D eigenvalue weighted by atomic mass is 16.5. The first kappa shape index (κ1) is 16.8. The summed E-state index contributed by atoms with van der Waals surface area (Å²) in [7, 11) is 1.56. The van der Waals surface area contributed by atoms with E-state index in [-0.39, 0.29) is 17.4 Å². The van der Waals surface area contributed by atoms with Crippen LogP contribution < -0.4 is 15.6 Å². The zero-order chi connectivity index (χ0) is 18.0. The third-order valence-electron chi connectivity index (χ3n) is 4.09. The van der Waals surface area contributed by atoms with Crippen LogP contribution in [0, 0.1) is 0 Å². The molecule has 5 heteroatoms. The van der Waals surface area contributed by atoms with Gasteiger partial charge in [-0.3, -0.25) is 9.59 Å². The predicted molar refractivity (Wildman–Crippen MR) is 99.6 cm³/mol. The number of carbonyl (C=O) groups excluding carboxylic acids is 1. The maximum Gasteiger partial charge on any atom is 0.255 e. The molecule has 1 amide bonds. The molecule has 0 aliphatic heterocycles. The third-order valence-corrected chi connectivity index (χ3v) is 4.09. The topological polar surface area (TPSA) is 71.2 Å². The number of carbonyl (C=O) groups is 1. The summed E-state index contributed by atoms with van der Waals surface area (Å²) in [6.45, 7) is 4.10. The molecule has 5 nitrogen and oxygen atoms in total. The second-order valence-electron chi connectivity index (χ2n) is 6.19. The van der Waals surface area contributed by atoms with Crippen LogP contribution in [0.1, 0.15) is 35.7 Å². The first-order valence-electron chi connectivity index (χ1n) is 8.10. The number of aromatic nitrogens is 1. The van der Waals surface area contributed by atoms with Crippen LogP contribution in [0.4, 0.5) is 5.69 Å². The third kappa shape index (κ3) is 3.55. The monoisotopic (exact) mass is 336 g/mol. The van der Waals surface area contributed by atoms with Crippen molar-refractivity contribution < 1.29 is 9.53 Å². The van der Waals surface area contributed by atoms with E-state index < -0.39 is 0 Å². The molecule has 0 saturated carbocycles. The van der Waals surface area contributed by atoms with Gasteiger partial charge >= 0.3 is 0 Å². The minimum absolute atomic E-state index is 0.146. The van der Waals surface area contributed by atoms with Gasteiger partial charge in [0.05, 0.1) is 12.6 Å². The normalized spacial score (nSPS) is 10.9. The van der Waals surface area contributed by atoms with E-state index in [1.54, 1.807) is 43.5 Å². The largest absolute Gasteiger partial charge is 0.497 e. The van der Waals surface area contributed by atoms with Gasteiger partial charge in [-0.05, 0) is 41.8 Å². The Bertz CT molecular complexity index is 990. The Balaban J connectivity index is 1.94. The number of benzene rings is 2. The zero-order valence-corrected chi connectivity index (χ0v) is 14.4. The average Bonchev–Trinajstić information content (AvgIpc) is 2.60. The minimum atomic E-state index is -0.236. The highest BCUT2D eigenvalue weighted by Gasteiger charge is 2.10. The van der Waals surface area contributed by atoms with Crippen LogP contribution in [-0.4, -0.2) is 18.0 Å². The van der Waals surface area contributed by atoms with Crippen molar-refractivity contribution in [3.63, 3.8) is 0 Å². The Labute approximate surface area is 145 Å². The first-order chi connectivity index (χ1) is 12.0. The number of hydrogen-bond donors (Lipinski definition) is 2. The number of amides is 1. The van der Waals surface area contributed by atoms with Crippen LogP contribution in [0.5, 0.6) is 5.75 Å². The molecule has 128 valence electrons. The molecular formula is C20H20N2O3. The second-order valence-corrected chi connectivity index (χ2v) is 6.19. The summed E-state index contributed by atoms with van der Waals surface area (Å²) in [6, 6.07) is 14.1. The zero-order valence-electron chi connectivity index (χ0n) is 14.4. The quantitative estimate of drug-likeness (QED) is 0.759. The van der Waals surface area contributed by atoms with Crippen LogP contribution in [-0.2, 0) is 0 Å². The molecule has 0 bridgehead atoms. The number of methoxy groups -OCH3 is 1. The lowest BCUT2D eigenvalue weighted by atomic mass is 9.99. The van der Waals surface area contributed by atoms with E-state index in [1.807, 2.05) is 26.0 Å². The van der Waals surface area contributed by atoms with Crippen molar-refractivity contribution in [3.05, 3.63) is 70.0 Å². The van der Waals surface area contributed by atoms with Gasteiger partial charge in [0, 0.05) is 22.7 Å². The number of ether oxygens (including phenoxy) is 1. The lowest BCUT2D eigenvalue weighted by molar-refractivity contribution is 0.102. The Morgan fingerprint density at radius 2 is 1.92 bits per heavy atom. The Hall–Kier alpha value is -3.08. The standard InChI is InChI=1S/C20H20N2O3/c1-12(2)17-11-19(23)22-18-10-14(7-8-16(17)18)21-20(24)13-5-4-6-15(9-13)25-3/h4-12H,1-3H3,(H,21,24)(H,22,23). The summed E-state index contributed by atoms with van der Waals surface area (Å²) in [5.74, 6) is 0.625. The molecule has 0 aliphatic carbocycles. The molecule has 0 saturated heterocycles. The van der Waals surface area contributed by atoms with Crippen molar-refractivity contribution in [3.8, 4) is 5.75 Å². The SMILES string of the molecule is COc1cccc(C(=O)Nc2ccc3c(C(C)C)cc(=O)[nH]c3c2)c1. The fourth-order valence-corrected chi connectivity index (χ4v) is 2.81. The number of pyridine rings is 1. The van der Waals surface area contributed by atoms with Crippen LogP contribution in [0.2, 0.25) is 0 Å². The number of hydrogen-bond acceptors (Lipinski definition) is 3. The van der Waals surface area contributed by atoms with Crippen molar-refractivity contribution >= 4 is 22.5 Å². The van der Waals surface area contributed by atoms with E-state index >= 15 is 0 Å². The highest BCUT2D eigenvalue weighted by molar-refractivity contribution is 6.05. The van der Waals surface area contributed by atoms with Crippen LogP contribution in [0.3, 0.4) is 0 Å². The molecule has 2 aromatic carbocycles. The van der Waals surface area contributed by atoms with Crippen LogP contribution in [0.25, 0.3) is 10.9 Å². The number of aromatic amines is 1. The molecular weight excluding hydrogens is 316 g/mol. The van der Waals surface area contributed by atoms with E-state index in [2.05, 4.69) is 10.3 Å². The van der Waals surface area contributed by atoms with Gasteiger partial charge < -0.3 is 15.0 Å². The molecule has 0 atom stereocenters. The maximum atomic E-state index is 12.4. The van der Waals surface area contributed by atoms with E-state index in [1.165, 1.54) is 0 Å². The van der Waals surface area contributed by atoms with Crippen molar-refractivity contribution in [2.45, 2.75) is 19.8 Å². The lowest BCUT2D eigenvalue weighted by Gasteiger charge is -2.11. The molecule has 0 radical (unpaired) electrons. The summed E-state index contributed by atoms with van der Waals surface area (Å²) in [5.41, 5.74) is 2.68. The van der Waals surface area contributed by atoms with Gasteiger partial charge in [-0.25, -0.2) is 0 Å². The van der Waals surface area contributed by atoms with Crippen molar-refractivity contribution in [1.29, 1.82) is 0 Å². The average molecular weight is 336 g/mol. The summed E-state index contributed by atoms with van der Waals surface area (Å²) in [4.78, 5) is 27.1. The number of fused-ring (bicyclic) bond motifs is 1. The van der Waals surface area contributed by atoms with Gasteiger partial charge in [0.1, 0.15) is 5.75 Å². The Morgan fingerprint density at radius 1 is 1.12 bits per heavy atom. The Kier molecular flexibility index (Phi) is 4.57. The number of rotatable bonds is 4. The lowest BCUT2D eigenvalue weighted by Crippen LogP contribution is -2.12. The van der Waals surface area contributed by atoms with Crippen molar-refractivity contribution in [1.82, 2.24) is 4.98 Å².